The number of benzene rings is 6. The van der Waals surface area contributed by atoms with E-state index in [0.717, 1.165) is 67.3 Å². The monoisotopic (exact) mass is 1100 g/mol. The molecule has 0 heterocycles. The molecule has 76 heavy (non-hydrogen) atoms. The lowest BCUT2D eigenvalue weighted by molar-refractivity contribution is 0.201. The smallest absolute Gasteiger partial charge is 0.408 e. The molecule has 6 aromatic rings. The lowest BCUT2D eigenvalue weighted by atomic mass is 9.77. The molecule has 0 amide bonds. The van der Waals surface area contributed by atoms with Gasteiger partial charge in [-0.2, -0.15) is 0 Å². The zero-order valence-electron chi connectivity index (χ0n) is 48.9. The van der Waals surface area contributed by atoms with Crippen LogP contribution in [0.2, 0.25) is 0 Å². The molecule has 3 unspecified atom stereocenters. The summed E-state index contributed by atoms with van der Waals surface area (Å²) < 4.78 is 20.3. The molecular formula is C66H87O6PS3. The van der Waals surface area contributed by atoms with E-state index in [2.05, 4.69) is 216 Å². The number of aliphatic hydroxyl groups is 3. The third kappa shape index (κ3) is 14.5. The second kappa shape index (κ2) is 24.6. The van der Waals surface area contributed by atoms with Crippen molar-refractivity contribution in [3.8, 4) is 17.2 Å². The van der Waals surface area contributed by atoms with Gasteiger partial charge in [-0.1, -0.05) is 176 Å². The quantitative estimate of drug-likeness (QED) is 0.0610. The topological polar surface area (TPSA) is 88.4 Å². The first-order valence-corrected chi connectivity index (χ1v) is 30.5. The number of aryl methyl sites for hydroxylation is 3. The van der Waals surface area contributed by atoms with Crippen LogP contribution < -0.4 is 13.6 Å². The SMILES string of the molecule is CCC(C)(CO)c1ccc(Sc2ccc(OP(Oc3ccc(Sc4ccc(C(C)(CC)CO)cc4C(C)(C)C)c(C)c3)Oc3ccc(Sc4ccc(C(C)(CC)CO)cc4C(C)(C)C)c(C)c3)cc2C)c(C(C)(C)C)c1. The molecule has 3 N–H and O–H groups in total. The van der Waals surface area contributed by atoms with Crippen molar-refractivity contribution in [3.05, 3.63) is 159 Å². The fourth-order valence-electron chi connectivity index (χ4n) is 9.01. The minimum atomic E-state index is -2.00. The van der Waals surface area contributed by atoms with Crippen LogP contribution in [0.25, 0.3) is 0 Å². The standard InChI is InChI=1S/C66H87O6PS3/c1-19-64(16,40-67)46-22-28-58(52(37-46)61(7,8)9)74-55-31-25-49(34-43(55)4)70-73(71-50-26-32-56(44(5)35-50)75-59-29-23-47(65(17,20-2)41-68)38-53(59)62(10,11)12)72-51-27-33-57(45(6)36-51)76-60-30-24-48(66(18,21-3)42-69)39-54(60)63(13,14)15/h22-39,67-69H,19-21,40-42H2,1-18H3. The minimum Gasteiger partial charge on any atom is -0.408 e. The van der Waals surface area contributed by atoms with E-state index in [1.807, 2.05) is 18.2 Å². The van der Waals surface area contributed by atoms with Gasteiger partial charge in [0.05, 0.1) is 19.8 Å². The molecule has 0 bridgehead atoms. The number of hydrogen-bond donors (Lipinski definition) is 3. The molecule has 0 aliphatic carbocycles. The Morgan fingerprint density at radius 3 is 0.789 bits per heavy atom. The molecule has 10 heteroatoms. The van der Waals surface area contributed by atoms with Crippen molar-refractivity contribution < 1.29 is 28.9 Å². The Bertz CT molecular complexity index is 2630. The van der Waals surface area contributed by atoms with Gasteiger partial charge in [0.2, 0.25) is 0 Å². The molecular weight excluding hydrogens is 1020 g/mol. The largest absolute Gasteiger partial charge is 0.530 e. The van der Waals surface area contributed by atoms with Gasteiger partial charge < -0.3 is 28.9 Å². The van der Waals surface area contributed by atoms with Crippen LogP contribution in [0, 0.1) is 20.8 Å². The Kier molecular flexibility index (Phi) is 19.9. The van der Waals surface area contributed by atoms with Crippen LogP contribution in [-0.2, 0) is 32.5 Å². The van der Waals surface area contributed by atoms with E-state index in [1.54, 1.807) is 35.3 Å². The molecule has 0 fully saturated rings. The summed E-state index contributed by atoms with van der Waals surface area (Å²) in [4.78, 5) is 6.94. The zero-order chi connectivity index (χ0) is 56.2. The van der Waals surface area contributed by atoms with Crippen molar-refractivity contribution in [1.29, 1.82) is 0 Å². The third-order valence-corrected chi connectivity index (χ3v) is 20.3. The summed E-state index contributed by atoms with van der Waals surface area (Å²) in [5.41, 5.74) is 9.22. The van der Waals surface area contributed by atoms with E-state index in [9.17, 15) is 15.3 Å². The summed E-state index contributed by atoms with van der Waals surface area (Å²) >= 11 is 5.26. The molecule has 6 aromatic carbocycles. The van der Waals surface area contributed by atoms with Gasteiger partial charge >= 0.3 is 8.60 Å². The van der Waals surface area contributed by atoms with Crippen LogP contribution >= 0.6 is 43.9 Å². The second-order valence-electron chi connectivity index (χ2n) is 24.7. The Hall–Kier alpha value is -3.92. The molecule has 410 valence electrons. The van der Waals surface area contributed by atoms with Gasteiger partial charge in [0.25, 0.3) is 0 Å². The molecule has 0 aliphatic heterocycles. The van der Waals surface area contributed by atoms with E-state index in [1.165, 1.54) is 31.4 Å². The van der Waals surface area contributed by atoms with E-state index in [-0.39, 0.29) is 52.3 Å². The maximum absolute atomic E-state index is 10.4. The molecule has 0 aromatic heterocycles. The minimum absolute atomic E-state index is 0.100. The lowest BCUT2D eigenvalue weighted by Crippen LogP contribution is -2.26. The van der Waals surface area contributed by atoms with E-state index in [0.29, 0.717) is 17.2 Å². The van der Waals surface area contributed by atoms with Crippen LogP contribution in [0.15, 0.2) is 139 Å². The van der Waals surface area contributed by atoms with Crippen molar-refractivity contribution in [3.63, 3.8) is 0 Å². The van der Waals surface area contributed by atoms with E-state index >= 15 is 0 Å². The average molecular weight is 1100 g/mol. The second-order valence-corrected chi connectivity index (χ2v) is 28.9. The number of rotatable bonds is 21. The Balaban J connectivity index is 1.32. The maximum atomic E-state index is 10.4. The molecule has 0 saturated carbocycles. The van der Waals surface area contributed by atoms with Crippen molar-refractivity contribution >= 4 is 43.9 Å². The highest BCUT2D eigenvalue weighted by Crippen LogP contribution is 2.48. The predicted octanol–water partition coefficient (Wildman–Crippen LogP) is 18.7. The first-order valence-electron chi connectivity index (χ1n) is 27.0. The van der Waals surface area contributed by atoms with Crippen molar-refractivity contribution in [2.45, 2.75) is 206 Å². The Morgan fingerprint density at radius 2 is 0.592 bits per heavy atom. The first-order chi connectivity index (χ1) is 35.5. The highest BCUT2D eigenvalue weighted by molar-refractivity contribution is 8.00. The fraction of sp³-hybridized carbons (Fsp3) is 0.455. The third-order valence-electron chi connectivity index (χ3n) is 15.5. The van der Waals surface area contributed by atoms with Crippen LogP contribution in [-0.4, -0.2) is 35.1 Å². The summed E-state index contributed by atoms with van der Waals surface area (Å²) in [6.07, 6.45) is 2.55. The van der Waals surface area contributed by atoms with Crippen LogP contribution in [0.1, 0.15) is 173 Å². The van der Waals surface area contributed by atoms with Gasteiger partial charge in [-0.3, -0.25) is 0 Å². The van der Waals surface area contributed by atoms with E-state index < -0.39 is 8.60 Å². The van der Waals surface area contributed by atoms with Crippen molar-refractivity contribution in [1.82, 2.24) is 0 Å². The molecule has 6 nitrogen and oxygen atoms in total. The molecule has 0 saturated heterocycles. The molecule has 6 rings (SSSR count). The predicted molar refractivity (Wildman–Crippen MR) is 324 cm³/mol. The molecule has 3 atom stereocenters. The maximum Gasteiger partial charge on any atom is 0.530 e. The average Bonchev–Trinajstić information content (AvgIpc) is 3.37. The molecule has 0 aliphatic rings. The number of aliphatic hydroxyl groups excluding tert-OH is 3. The zero-order valence-corrected chi connectivity index (χ0v) is 52.2. The van der Waals surface area contributed by atoms with Gasteiger partial charge in [0.1, 0.15) is 17.2 Å². The van der Waals surface area contributed by atoms with Crippen LogP contribution in [0.4, 0.5) is 0 Å². The fourth-order valence-corrected chi connectivity index (χ4v) is 13.6. The van der Waals surface area contributed by atoms with Gasteiger partial charge in [-0.25, -0.2) is 0 Å². The van der Waals surface area contributed by atoms with E-state index in [4.69, 9.17) is 13.6 Å². The van der Waals surface area contributed by atoms with Gasteiger partial charge in [0.15, 0.2) is 0 Å². The lowest BCUT2D eigenvalue weighted by Gasteiger charge is -2.30. The molecule has 0 spiro atoms. The Morgan fingerprint density at radius 1 is 0.355 bits per heavy atom. The van der Waals surface area contributed by atoms with Crippen LogP contribution in [0.5, 0.6) is 17.2 Å². The highest BCUT2D eigenvalue weighted by atomic mass is 32.2. The summed E-state index contributed by atoms with van der Waals surface area (Å²) in [6.45, 7) is 39.7. The van der Waals surface area contributed by atoms with Gasteiger partial charge in [-0.05, 0) is 179 Å². The first kappa shape index (κ1) is 61.3. The van der Waals surface area contributed by atoms with Crippen LogP contribution in [0.3, 0.4) is 0 Å². The number of hydrogen-bond acceptors (Lipinski definition) is 9. The summed E-state index contributed by atoms with van der Waals surface area (Å²) in [5, 5.41) is 31.1. The highest BCUT2D eigenvalue weighted by Gasteiger charge is 2.31. The van der Waals surface area contributed by atoms with Crippen molar-refractivity contribution in [2.24, 2.45) is 0 Å². The summed E-state index contributed by atoms with van der Waals surface area (Å²) in [6, 6.07) is 38.6. The summed E-state index contributed by atoms with van der Waals surface area (Å²) in [5.74, 6) is 1.93. The Labute approximate surface area is 472 Å². The van der Waals surface area contributed by atoms with Gasteiger partial charge in [0, 0.05) is 45.6 Å². The van der Waals surface area contributed by atoms with Crippen molar-refractivity contribution in [2.75, 3.05) is 19.8 Å². The summed E-state index contributed by atoms with van der Waals surface area (Å²) in [7, 11) is -2.00. The molecule has 0 radical (unpaired) electrons. The van der Waals surface area contributed by atoms with Gasteiger partial charge in [-0.15, -0.1) is 0 Å². The normalized spacial score (nSPS) is 15.1.